The molecule has 3 atom stereocenters. The highest BCUT2D eigenvalue weighted by atomic mass is 16.5. The number of rotatable bonds is 3. The average molecular weight is 289 g/mol. The lowest BCUT2D eigenvalue weighted by molar-refractivity contribution is -0.121. The second-order valence-electron chi connectivity index (χ2n) is 7.21. The Balaban J connectivity index is 1.59. The molecule has 0 aromatic carbocycles. The van der Waals surface area contributed by atoms with Gasteiger partial charge in [-0.05, 0) is 43.9 Å². The molecular weight excluding hydrogens is 266 g/mol. The normalized spacial score (nSPS) is 33.5. The lowest BCUT2D eigenvalue weighted by Gasteiger charge is -2.26. The van der Waals surface area contributed by atoms with Crippen molar-refractivity contribution in [1.82, 2.24) is 15.5 Å². The number of nitrogens with zero attached hydrogens (tertiary/aromatic N) is 2. The maximum atomic E-state index is 11.5. The molecule has 5 heteroatoms. The van der Waals surface area contributed by atoms with E-state index in [0.29, 0.717) is 11.7 Å². The van der Waals surface area contributed by atoms with E-state index in [1.54, 1.807) is 6.92 Å². The van der Waals surface area contributed by atoms with Crippen molar-refractivity contribution in [3.05, 3.63) is 11.7 Å². The van der Waals surface area contributed by atoms with Crippen LogP contribution in [0.1, 0.15) is 75.9 Å². The first-order valence-corrected chi connectivity index (χ1v) is 8.29. The van der Waals surface area contributed by atoms with Crippen LogP contribution in [0.4, 0.5) is 0 Å². The number of amides is 1. The van der Waals surface area contributed by atoms with E-state index in [-0.39, 0.29) is 11.4 Å². The van der Waals surface area contributed by atoms with Crippen LogP contribution in [0.2, 0.25) is 0 Å². The Bertz CT molecular complexity index is 547. The molecule has 1 heterocycles. The highest BCUT2D eigenvalue weighted by Crippen LogP contribution is 2.52. The van der Waals surface area contributed by atoms with Gasteiger partial charge < -0.3 is 9.84 Å². The first kappa shape index (κ1) is 13.3. The Kier molecular flexibility index (Phi) is 3.05. The number of nitrogens with one attached hydrogen (secondary N) is 1. The predicted octanol–water partition coefficient (Wildman–Crippen LogP) is 2.88. The molecule has 1 amide bonds. The molecule has 0 spiro atoms. The van der Waals surface area contributed by atoms with E-state index in [4.69, 9.17) is 9.51 Å². The Morgan fingerprint density at radius 3 is 2.71 bits per heavy atom. The number of hydrogen-bond donors (Lipinski definition) is 1. The Labute approximate surface area is 124 Å². The van der Waals surface area contributed by atoms with Crippen molar-refractivity contribution in [2.24, 2.45) is 11.8 Å². The quantitative estimate of drug-likeness (QED) is 0.929. The van der Waals surface area contributed by atoms with Gasteiger partial charge in [0.25, 0.3) is 0 Å². The average Bonchev–Trinajstić information content (AvgIpc) is 3.22. The van der Waals surface area contributed by atoms with Gasteiger partial charge in [0, 0.05) is 12.8 Å². The van der Waals surface area contributed by atoms with E-state index >= 15 is 0 Å². The molecule has 0 radical (unpaired) electrons. The zero-order valence-corrected chi connectivity index (χ0v) is 12.6. The van der Waals surface area contributed by atoms with E-state index in [2.05, 4.69) is 10.5 Å². The molecule has 3 saturated carbocycles. The van der Waals surface area contributed by atoms with Gasteiger partial charge in [0.15, 0.2) is 5.82 Å². The molecule has 2 bridgehead atoms. The van der Waals surface area contributed by atoms with Gasteiger partial charge in [-0.1, -0.05) is 24.4 Å². The minimum atomic E-state index is -0.384. The van der Waals surface area contributed by atoms with Gasteiger partial charge in [-0.2, -0.15) is 4.98 Å². The van der Waals surface area contributed by atoms with Crippen molar-refractivity contribution in [3.63, 3.8) is 0 Å². The summed E-state index contributed by atoms with van der Waals surface area (Å²) >= 11 is 0. The lowest BCUT2D eigenvalue weighted by atomic mass is 9.88. The summed E-state index contributed by atoms with van der Waals surface area (Å²) < 4.78 is 5.61. The number of aromatic nitrogens is 2. The van der Waals surface area contributed by atoms with E-state index in [9.17, 15) is 4.79 Å². The summed E-state index contributed by atoms with van der Waals surface area (Å²) in [5.74, 6) is 3.57. The first-order valence-electron chi connectivity index (χ1n) is 8.29. The topological polar surface area (TPSA) is 68.0 Å². The Morgan fingerprint density at radius 1 is 1.29 bits per heavy atom. The van der Waals surface area contributed by atoms with Crippen LogP contribution in [0.15, 0.2) is 4.52 Å². The molecule has 1 aromatic heterocycles. The van der Waals surface area contributed by atoms with Crippen LogP contribution in [0, 0.1) is 11.8 Å². The van der Waals surface area contributed by atoms with Crippen LogP contribution in [-0.2, 0) is 10.3 Å². The summed E-state index contributed by atoms with van der Waals surface area (Å²) in [4.78, 5) is 16.3. The summed E-state index contributed by atoms with van der Waals surface area (Å²) in [7, 11) is 0. The van der Waals surface area contributed by atoms with Crippen molar-refractivity contribution in [1.29, 1.82) is 0 Å². The molecule has 1 aromatic rings. The number of hydrogen-bond acceptors (Lipinski definition) is 4. The summed E-state index contributed by atoms with van der Waals surface area (Å²) in [5, 5.41) is 7.34. The minimum Gasteiger partial charge on any atom is -0.343 e. The maximum Gasteiger partial charge on any atom is 0.230 e. The molecular formula is C16H23N3O2. The fraction of sp³-hybridized carbons (Fsp3) is 0.812. The third-order valence-electron chi connectivity index (χ3n) is 5.80. The van der Waals surface area contributed by atoms with Crippen LogP contribution in [0.25, 0.3) is 0 Å². The lowest BCUT2D eigenvalue weighted by Crippen LogP contribution is -2.43. The molecule has 114 valence electrons. The fourth-order valence-electron chi connectivity index (χ4n) is 4.85. The third kappa shape index (κ3) is 2.17. The standard InChI is InChI=1S/C16H23N3O2/c1-10(20)18-16(6-2-3-7-16)15-17-14(21-19-15)13-9-11-4-5-12(13)8-11/h11-13H,2-9H2,1H3,(H,18,20). The molecule has 3 aliphatic carbocycles. The van der Waals surface area contributed by atoms with Crippen molar-refractivity contribution in [2.75, 3.05) is 0 Å². The SMILES string of the molecule is CC(=O)NC1(c2noc(C3CC4CCC3C4)n2)CCCC1. The van der Waals surface area contributed by atoms with Gasteiger partial charge >= 0.3 is 0 Å². The molecule has 4 rings (SSSR count). The number of carbonyl (C=O) groups is 1. The van der Waals surface area contributed by atoms with Crippen molar-refractivity contribution in [2.45, 2.75) is 69.7 Å². The van der Waals surface area contributed by atoms with Gasteiger partial charge in [0.2, 0.25) is 11.8 Å². The summed E-state index contributed by atoms with van der Waals surface area (Å²) in [5.41, 5.74) is -0.384. The predicted molar refractivity (Wildman–Crippen MR) is 76.4 cm³/mol. The van der Waals surface area contributed by atoms with E-state index in [0.717, 1.165) is 43.4 Å². The minimum absolute atomic E-state index is 0.0110. The first-order chi connectivity index (χ1) is 10.2. The van der Waals surface area contributed by atoms with Crippen molar-refractivity contribution >= 4 is 5.91 Å². The largest absolute Gasteiger partial charge is 0.343 e. The molecule has 1 N–H and O–H groups in total. The van der Waals surface area contributed by atoms with Gasteiger partial charge in [-0.3, -0.25) is 4.79 Å². The second kappa shape index (κ2) is 4.82. The molecule has 3 fully saturated rings. The molecule has 0 saturated heterocycles. The molecule has 21 heavy (non-hydrogen) atoms. The van der Waals surface area contributed by atoms with E-state index in [1.165, 1.54) is 25.7 Å². The van der Waals surface area contributed by atoms with Gasteiger partial charge in [0.1, 0.15) is 5.54 Å². The molecule has 0 aliphatic heterocycles. The highest BCUT2D eigenvalue weighted by Gasteiger charge is 2.45. The van der Waals surface area contributed by atoms with Crippen molar-refractivity contribution in [3.8, 4) is 0 Å². The number of carbonyl (C=O) groups excluding carboxylic acids is 1. The van der Waals surface area contributed by atoms with Crippen LogP contribution >= 0.6 is 0 Å². The van der Waals surface area contributed by atoms with E-state index in [1.807, 2.05) is 0 Å². The fourth-order valence-corrected chi connectivity index (χ4v) is 4.85. The number of fused-ring (bicyclic) bond motifs is 2. The molecule has 3 unspecified atom stereocenters. The smallest absolute Gasteiger partial charge is 0.230 e. The van der Waals surface area contributed by atoms with Gasteiger partial charge in [-0.15, -0.1) is 0 Å². The molecule has 5 nitrogen and oxygen atoms in total. The third-order valence-corrected chi connectivity index (χ3v) is 5.80. The summed E-state index contributed by atoms with van der Waals surface area (Å²) in [6.45, 7) is 1.57. The summed E-state index contributed by atoms with van der Waals surface area (Å²) in [6, 6.07) is 0. The monoisotopic (exact) mass is 289 g/mol. The van der Waals surface area contributed by atoms with Crippen LogP contribution in [-0.4, -0.2) is 16.0 Å². The Hall–Kier alpha value is -1.39. The van der Waals surface area contributed by atoms with E-state index < -0.39 is 0 Å². The van der Waals surface area contributed by atoms with Crippen molar-refractivity contribution < 1.29 is 9.32 Å². The Morgan fingerprint density at radius 2 is 2.10 bits per heavy atom. The van der Waals surface area contributed by atoms with Gasteiger partial charge in [-0.25, -0.2) is 0 Å². The zero-order chi connectivity index (χ0) is 14.4. The second-order valence-corrected chi connectivity index (χ2v) is 7.21. The van der Waals surface area contributed by atoms with Crippen LogP contribution < -0.4 is 5.32 Å². The highest BCUT2D eigenvalue weighted by molar-refractivity contribution is 5.74. The van der Waals surface area contributed by atoms with Gasteiger partial charge in [0.05, 0.1) is 0 Å². The van der Waals surface area contributed by atoms with Crippen LogP contribution in [0.5, 0.6) is 0 Å². The molecule has 3 aliphatic rings. The maximum absolute atomic E-state index is 11.5. The van der Waals surface area contributed by atoms with Crippen LogP contribution in [0.3, 0.4) is 0 Å². The zero-order valence-electron chi connectivity index (χ0n) is 12.6. The summed E-state index contributed by atoms with van der Waals surface area (Å²) in [6.07, 6.45) is 9.28.